The first-order valence-corrected chi connectivity index (χ1v) is 6.56. The second-order valence-electron chi connectivity index (χ2n) is 4.96. The van der Waals surface area contributed by atoms with Crippen LogP contribution in [0, 0.1) is 0 Å². The van der Waals surface area contributed by atoms with Gasteiger partial charge in [0.05, 0.1) is 12.6 Å². The Morgan fingerprint density at radius 3 is 2.47 bits per heavy atom. The molecule has 0 aromatic rings. The van der Waals surface area contributed by atoms with E-state index in [0.717, 1.165) is 6.42 Å². The van der Waals surface area contributed by atoms with Crippen molar-refractivity contribution in [2.24, 2.45) is 0 Å². The van der Waals surface area contributed by atoms with Gasteiger partial charge in [0.15, 0.2) is 0 Å². The fourth-order valence-electron chi connectivity index (χ4n) is 2.05. The number of rotatable bonds is 5. The van der Waals surface area contributed by atoms with Crippen molar-refractivity contribution in [1.29, 1.82) is 0 Å². The minimum atomic E-state index is -1.24. The molecule has 0 bridgehead atoms. The SMILES string of the molecule is CC[C@@H](C)NC1OC(CO)C(O)C(O)C1NC(C)=O. The molecule has 0 aromatic carbocycles. The van der Waals surface area contributed by atoms with E-state index in [2.05, 4.69) is 10.6 Å². The smallest absolute Gasteiger partial charge is 0.217 e. The molecule has 0 aliphatic carbocycles. The summed E-state index contributed by atoms with van der Waals surface area (Å²) in [5, 5.41) is 34.7. The van der Waals surface area contributed by atoms with Crippen LogP contribution in [-0.2, 0) is 9.53 Å². The normalized spacial score (nSPS) is 36.8. The molecule has 1 aliphatic heterocycles. The summed E-state index contributed by atoms with van der Waals surface area (Å²) in [4.78, 5) is 11.2. The topological polar surface area (TPSA) is 111 Å². The minimum absolute atomic E-state index is 0.114. The van der Waals surface area contributed by atoms with E-state index in [4.69, 9.17) is 9.84 Å². The Balaban J connectivity index is 2.83. The zero-order valence-electron chi connectivity index (χ0n) is 11.5. The number of hydrogen-bond acceptors (Lipinski definition) is 6. The largest absolute Gasteiger partial charge is 0.394 e. The van der Waals surface area contributed by atoms with Gasteiger partial charge in [-0.25, -0.2) is 0 Å². The van der Waals surface area contributed by atoms with E-state index in [9.17, 15) is 15.0 Å². The fraction of sp³-hybridized carbons (Fsp3) is 0.917. The third-order valence-corrected chi connectivity index (χ3v) is 3.36. The van der Waals surface area contributed by atoms with Gasteiger partial charge in [-0.1, -0.05) is 6.92 Å². The summed E-state index contributed by atoms with van der Waals surface area (Å²) in [5.74, 6) is -0.321. The van der Waals surface area contributed by atoms with Gasteiger partial charge in [-0.05, 0) is 13.3 Å². The highest BCUT2D eigenvalue weighted by atomic mass is 16.5. The second-order valence-corrected chi connectivity index (χ2v) is 4.96. The number of nitrogens with one attached hydrogen (secondary N) is 2. The van der Waals surface area contributed by atoms with E-state index in [-0.39, 0.29) is 11.9 Å². The van der Waals surface area contributed by atoms with Crippen LogP contribution >= 0.6 is 0 Å². The highest BCUT2D eigenvalue weighted by molar-refractivity contribution is 5.73. The Morgan fingerprint density at radius 2 is 2.00 bits per heavy atom. The van der Waals surface area contributed by atoms with Gasteiger partial charge in [0.25, 0.3) is 0 Å². The predicted molar refractivity (Wildman–Crippen MR) is 68.3 cm³/mol. The summed E-state index contributed by atoms with van der Waals surface area (Å²) in [6.07, 6.45) is -3.13. The van der Waals surface area contributed by atoms with Crippen molar-refractivity contribution >= 4 is 5.91 Å². The molecule has 7 nitrogen and oxygen atoms in total. The van der Waals surface area contributed by atoms with Crippen LogP contribution in [0.2, 0.25) is 0 Å². The summed E-state index contributed by atoms with van der Waals surface area (Å²) in [6, 6.07) is -0.646. The third kappa shape index (κ3) is 4.12. The van der Waals surface area contributed by atoms with Crippen LogP contribution in [0.3, 0.4) is 0 Å². The Kier molecular flexibility index (Phi) is 6.15. The number of amides is 1. The van der Waals surface area contributed by atoms with Crippen LogP contribution in [-0.4, -0.2) is 64.5 Å². The van der Waals surface area contributed by atoms with E-state index < -0.39 is 37.2 Å². The summed E-state index contributed by atoms with van der Waals surface area (Å²) in [7, 11) is 0. The number of aliphatic hydroxyl groups is 3. The summed E-state index contributed by atoms with van der Waals surface area (Å²) < 4.78 is 5.52. The van der Waals surface area contributed by atoms with E-state index in [1.165, 1.54) is 6.92 Å². The molecule has 6 atom stereocenters. The Labute approximate surface area is 113 Å². The predicted octanol–water partition coefficient (Wildman–Crippen LogP) is -1.68. The first-order chi connectivity index (χ1) is 8.90. The van der Waals surface area contributed by atoms with Crippen molar-refractivity contribution in [3.63, 3.8) is 0 Å². The molecule has 1 heterocycles. The van der Waals surface area contributed by atoms with Crippen LogP contribution in [0.15, 0.2) is 0 Å². The highest BCUT2D eigenvalue weighted by Crippen LogP contribution is 2.20. The van der Waals surface area contributed by atoms with Crippen molar-refractivity contribution in [1.82, 2.24) is 10.6 Å². The van der Waals surface area contributed by atoms with Gasteiger partial charge in [-0.2, -0.15) is 0 Å². The Bertz CT molecular complexity index is 302. The van der Waals surface area contributed by atoms with Crippen molar-refractivity contribution < 1.29 is 24.9 Å². The van der Waals surface area contributed by atoms with Gasteiger partial charge in [-0.15, -0.1) is 0 Å². The van der Waals surface area contributed by atoms with Gasteiger partial charge >= 0.3 is 0 Å². The van der Waals surface area contributed by atoms with Gasteiger partial charge in [0.1, 0.15) is 24.5 Å². The molecule has 5 N–H and O–H groups in total. The molecule has 19 heavy (non-hydrogen) atoms. The maximum atomic E-state index is 11.2. The van der Waals surface area contributed by atoms with E-state index in [1.807, 2.05) is 13.8 Å². The van der Waals surface area contributed by atoms with Crippen molar-refractivity contribution in [2.75, 3.05) is 6.61 Å². The highest BCUT2D eigenvalue weighted by Gasteiger charge is 2.44. The minimum Gasteiger partial charge on any atom is -0.394 e. The van der Waals surface area contributed by atoms with Crippen molar-refractivity contribution in [3.05, 3.63) is 0 Å². The van der Waals surface area contributed by atoms with Crippen LogP contribution in [0.5, 0.6) is 0 Å². The molecule has 1 saturated heterocycles. The fourth-order valence-corrected chi connectivity index (χ4v) is 2.05. The van der Waals surface area contributed by atoms with Gasteiger partial charge in [0.2, 0.25) is 5.91 Å². The van der Waals surface area contributed by atoms with E-state index in [0.29, 0.717) is 0 Å². The molecular formula is C12H24N2O5. The average Bonchev–Trinajstić information content (AvgIpc) is 2.37. The summed E-state index contributed by atoms with van der Waals surface area (Å²) in [5.41, 5.74) is 0. The molecule has 0 aromatic heterocycles. The quantitative estimate of drug-likeness (QED) is 0.410. The number of carbonyl (C=O) groups is 1. The van der Waals surface area contributed by atoms with Crippen LogP contribution in [0.4, 0.5) is 0 Å². The number of carbonyl (C=O) groups excluding carboxylic acids is 1. The first-order valence-electron chi connectivity index (χ1n) is 6.56. The van der Waals surface area contributed by atoms with Crippen molar-refractivity contribution in [3.8, 4) is 0 Å². The molecule has 0 saturated carbocycles. The van der Waals surface area contributed by atoms with Gasteiger partial charge in [0, 0.05) is 13.0 Å². The lowest BCUT2D eigenvalue weighted by molar-refractivity contribution is -0.204. The van der Waals surface area contributed by atoms with E-state index in [1.54, 1.807) is 0 Å². The van der Waals surface area contributed by atoms with Crippen LogP contribution < -0.4 is 10.6 Å². The monoisotopic (exact) mass is 276 g/mol. The van der Waals surface area contributed by atoms with Crippen LogP contribution in [0.1, 0.15) is 27.2 Å². The molecule has 5 unspecified atom stereocenters. The standard InChI is InChI=1S/C12H24N2O5/c1-4-6(2)13-12-9(14-7(3)16)11(18)10(17)8(5-15)19-12/h6,8-13,15,17-18H,4-5H2,1-3H3,(H,14,16)/t6-,8?,9?,10?,11?,12?/m1/s1. The molecule has 7 heteroatoms. The second kappa shape index (κ2) is 7.16. The molecule has 1 fully saturated rings. The lowest BCUT2D eigenvalue weighted by Crippen LogP contribution is -2.68. The van der Waals surface area contributed by atoms with Gasteiger partial charge < -0.3 is 25.4 Å². The molecule has 0 spiro atoms. The molecule has 1 rings (SSSR count). The zero-order valence-corrected chi connectivity index (χ0v) is 11.5. The summed E-state index contributed by atoms with van der Waals surface area (Å²) >= 11 is 0. The van der Waals surface area contributed by atoms with E-state index >= 15 is 0 Å². The molecule has 0 radical (unpaired) electrons. The molecule has 1 amide bonds. The van der Waals surface area contributed by atoms with Crippen LogP contribution in [0.25, 0.3) is 0 Å². The molecule has 112 valence electrons. The summed E-state index contributed by atoms with van der Waals surface area (Å²) in [6.45, 7) is 4.86. The first kappa shape index (κ1) is 16.3. The maximum Gasteiger partial charge on any atom is 0.217 e. The molecule has 1 aliphatic rings. The number of hydrogen-bond donors (Lipinski definition) is 5. The van der Waals surface area contributed by atoms with Gasteiger partial charge in [-0.3, -0.25) is 10.1 Å². The third-order valence-electron chi connectivity index (χ3n) is 3.36. The zero-order chi connectivity index (χ0) is 14.6. The van der Waals surface area contributed by atoms with Crippen molar-refractivity contribution in [2.45, 2.75) is 63.8 Å². The Hall–Kier alpha value is -0.730. The molecular weight excluding hydrogens is 252 g/mol. The Morgan fingerprint density at radius 1 is 1.37 bits per heavy atom. The lowest BCUT2D eigenvalue weighted by atomic mass is 9.95. The lowest BCUT2D eigenvalue weighted by Gasteiger charge is -2.43. The maximum absolute atomic E-state index is 11.2. The number of ether oxygens (including phenoxy) is 1. The number of aliphatic hydroxyl groups excluding tert-OH is 3. The average molecular weight is 276 g/mol.